The number of benzene rings is 1. The van der Waals surface area contributed by atoms with Crippen molar-refractivity contribution in [1.29, 1.82) is 0 Å². The van der Waals surface area contributed by atoms with Gasteiger partial charge in [-0.15, -0.1) is 0 Å². The second kappa shape index (κ2) is 4.65. The topological polar surface area (TPSA) is 40.7 Å². The van der Waals surface area contributed by atoms with Gasteiger partial charge in [-0.25, -0.2) is 13.8 Å². The van der Waals surface area contributed by atoms with Crippen LogP contribution in [0.25, 0.3) is 11.0 Å². The average Bonchev–Trinajstić information content (AvgIpc) is 2.60. The number of aromatic amines is 1. The summed E-state index contributed by atoms with van der Waals surface area (Å²) in [5, 5.41) is 3.41. The second-order valence-corrected chi connectivity index (χ2v) is 4.76. The number of fused-ring (bicyclic) bond motifs is 1. The number of aromatic nitrogens is 2. The SMILES string of the molecule is Fc1cc2nc(C3CCCCCN3)[nH]c2cc1F. The minimum absolute atomic E-state index is 0.158. The molecule has 1 aliphatic heterocycles. The molecule has 1 fully saturated rings. The molecule has 18 heavy (non-hydrogen) atoms. The van der Waals surface area contributed by atoms with Gasteiger partial charge in [0, 0.05) is 12.1 Å². The maximum atomic E-state index is 13.1. The first-order valence-electron chi connectivity index (χ1n) is 6.32. The van der Waals surface area contributed by atoms with E-state index in [1.54, 1.807) is 0 Å². The first-order chi connectivity index (χ1) is 8.74. The molecule has 2 aromatic rings. The van der Waals surface area contributed by atoms with Gasteiger partial charge in [0.1, 0.15) is 5.82 Å². The van der Waals surface area contributed by atoms with Crippen molar-refractivity contribution >= 4 is 11.0 Å². The highest BCUT2D eigenvalue weighted by molar-refractivity contribution is 5.75. The Morgan fingerprint density at radius 2 is 1.94 bits per heavy atom. The van der Waals surface area contributed by atoms with E-state index in [0.717, 1.165) is 37.3 Å². The van der Waals surface area contributed by atoms with Crippen molar-refractivity contribution in [1.82, 2.24) is 15.3 Å². The Balaban J connectivity index is 1.96. The van der Waals surface area contributed by atoms with Gasteiger partial charge in [0.2, 0.25) is 0 Å². The molecule has 1 aromatic carbocycles. The molecule has 1 atom stereocenters. The van der Waals surface area contributed by atoms with Crippen LogP contribution in [0.1, 0.15) is 37.5 Å². The quantitative estimate of drug-likeness (QED) is 0.817. The van der Waals surface area contributed by atoms with Crippen molar-refractivity contribution < 1.29 is 8.78 Å². The molecule has 0 spiro atoms. The lowest BCUT2D eigenvalue weighted by Gasteiger charge is -2.12. The Hall–Kier alpha value is -1.49. The van der Waals surface area contributed by atoms with Crippen molar-refractivity contribution in [2.24, 2.45) is 0 Å². The van der Waals surface area contributed by atoms with Gasteiger partial charge in [-0.2, -0.15) is 0 Å². The fourth-order valence-corrected chi connectivity index (χ4v) is 2.45. The molecule has 1 saturated heterocycles. The molecule has 3 rings (SSSR count). The number of halogens is 2. The van der Waals surface area contributed by atoms with E-state index in [1.165, 1.54) is 12.8 Å². The Bertz CT molecular complexity index is 518. The summed E-state index contributed by atoms with van der Waals surface area (Å²) in [6, 6.07) is 2.46. The van der Waals surface area contributed by atoms with Gasteiger partial charge in [0.25, 0.3) is 0 Å². The zero-order valence-electron chi connectivity index (χ0n) is 9.97. The largest absolute Gasteiger partial charge is 0.341 e. The molecule has 1 unspecified atom stereocenters. The summed E-state index contributed by atoms with van der Waals surface area (Å²) in [4.78, 5) is 7.44. The number of imidazole rings is 1. The van der Waals surface area contributed by atoms with E-state index in [0.29, 0.717) is 11.0 Å². The van der Waals surface area contributed by atoms with Crippen molar-refractivity contribution in [2.75, 3.05) is 6.54 Å². The van der Waals surface area contributed by atoms with E-state index in [1.807, 2.05) is 0 Å². The normalized spacial score (nSPS) is 21.1. The van der Waals surface area contributed by atoms with E-state index in [2.05, 4.69) is 15.3 Å². The molecule has 0 saturated carbocycles. The molecule has 96 valence electrons. The zero-order chi connectivity index (χ0) is 12.5. The highest BCUT2D eigenvalue weighted by Crippen LogP contribution is 2.24. The average molecular weight is 251 g/mol. The summed E-state index contributed by atoms with van der Waals surface area (Å²) in [6.07, 6.45) is 4.54. The molecule has 0 bridgehead atoms. The molecular formula is C13H15F2N3. The van der Waals surface area contributed by atoms with Crippen LogP contribution in [0.4, 0.5) is 8.78 Å². The summed E-state index contributed by atoms with van der Waals surface area (Å²) in [7, 11) is 0. The zero-order valence-corrected chi connectivity index (χ0v) is 9.97. The summed E-state index contributed by atoms with van der Waals surface area (Å²) in [5.41, 5.74) is 1.03. The Morgan fingerprint density at radius 3 is 2.83 bits per heavy atom. The van der Waals surface area contributed by atoms with Crippen molar-refractivity contribution in [2.45, 2.75) is 31.7 Å². The predicted molar refractivity (Wildman–Crippen MR) is 65.2 cm³/mol. The molecule has 3 nitrogen and oxygen atoms in total. The monoisotopic (exact) mass is 251 g/mol. The molecule has 1 aromatic heterocycles. The number of hydrogen-bond donors (Lipinski definition) is 2. The number of rotatable bonds is 1. The first-order valence-corrected chi connectivity index (χ1v) is 6.32. The van der Waals surface area contributed by atoms with Gasteiger partial charge >= 0.3 is 0 Å². The number of nitrogens with one attached hydrogen (secondary N) is 2. The van der Waals surface area contributed by atoms with Crippen LogP contribution in [0.15, 0.2) is 12.1 Å². The van der Waals surface area contributed by atoms with Crippen LogP contribution < -0.4 is 5.32 Å². The fourth-order valence-electron chi connectivity index (χ4n) is 2.45. The lowest BCUT2D eigenvalue weighted by Crippen LogP contribution is -2.21. The highest BCUT2D eigenvalue weighted by atomic mass is 19.2. The van der Waals surface area contributed by atoms with Crippen LogP contribution in [0, 0.1) is 11.6 Å². The van der Waals surface area contributed by atoms with Crippen LogP contribution in [0.5, 0.6) is 0 Å². The third-order valence-electron chi connectivity index (χ3n) is 3.43. The molecule has 2 N–H and O–H groups in total. The number of nitrogens with zero attached hydrogens (tertiary/aromatic N) is 1. The summed E-state index contributed by atoms with van der Waals surface area (Å²) < 4.78 is 26.2. The maximum absolute atomic E-state index is 13.1. The van der Waals surface area contributed by atoms with Gasteiger partial charge < -0.3 is 10.3 Å². The lowest BCUT2D eigenvalue weighted by atomic mass is 10.1. The van der Waals surface area contributed by atoms with Crippen LogP contribution >= 0.6 is 0 Å². The smallest absolute Gasteiger partial charge is 0.161 e. The van der Waals surface area contributed by atoms with Gasteiger partial charge in [0.15, 0.2) is 11.6 Å². The minimum Gasteiger partial charge on any atom is -0.341 e. The third kappa shape index (κ3) is 2.10. The molecule has 2 heterocycles. The molecular weight excluding hydrogens is 236 g/mol. The van der Waals surface area contributed by atoms with E-state index < -0.39 is 11.6 Å². The lowest BCUT2D eigenvalue weighted by molar-refractivity contribution is 0.510. The molecule has 5 heteroatoms. The van der Waals surface area contributed by atoms with Gasteiger partial charge in [-0.3, -0.25) is 0 Å². The first kappa shape index (κ1) is 11.6. The molecule has 0 radical (unpaired) electrons. The Labute approximate surface area is 104 Å². The highest BCUT2D eigenvalue weighted by Gasteiger charge is 2.18. The fraction of sp³-hybridized carbons (Fsp3) is 0.462. The predicted octanol–water partition coefficient (Wildman–Crippen LogP) is 3.05. The van der Waals surface area contributed by atoms with Crippen molar-refractivity contribution in [3.63, 3.8) is 0 Å². The van der Waals surface area contributed by atoms with E-state index in [4.69, 9.17) is 0 Å². The summed E-state index contributed by atoms with van der Waals surface area (Å²) in [6.45, 7) is 0.963. The summed E-state index contributed by atoms with van der Waals surface area (Å²) >= 11 is 0. The van der Waals surface area contributed by atoms with Crippen LogP contribution in [-0.2, 0) is 0 Å². The Morgan fingerprint density at radius 1 is 1.11 bits per heavy atom. The number of hydrogen-bond acceptors (Lipinski definition) is 2. The van der Waals surface area contributed by atoms with Gasteiger partial charge in [-0.05, 0) is 19.4 Å². The van der Waals surface area contributed by atoms with Crippen molar-refractivity contribution in [3.8, 4) is 0 Å². The van der Waals surface area contributed by atoms with Crippen molar-refractivity contribution in [3.05, 3.63) is 29.6 Å². The van der Waals surface area contributed by atoms with Crippen LogP contribution in [0.2, 0.25) is 0 Å². The third-order valence-corrected chi connectivity index (χ3v) is 3.43. The maximum Gasteiger partial charge on any atom is 0.161 e. The minimum atomic E-state index is -0.852. The summed E-state index contributed by atoms with van der Waals surface area (Å²) in [5.74, 6) is -0.919. The molecule has 0 aliphatic carbocycles. The molecule has 1 aliphatic rings. The van der Waals surface area contributed by atoms with Gasteiger partial charge in [-0.1, -0.05) is 12.8 Å². The van der Waals surface area contributed by atoms with Gasteiger partial charge in [0.05, 0.1) is 17.1 Å². The second-order valence-electron chi connectivity index (χ2n) is 4.76. The van der Waals surface area contributed by atoms with E-state index in [9.17, 15) is 8.78 Å². The van der Waals surface area contributed by atoms with E-state index in [-0.39, 0.29) is 6.04 Å². The van der Waals surface area contributed by atoms with E-state index >= 15 is 0 Å². The Kier molecular flexibility index (Phi) is 2.99. The van der Waals surface area contributed by atoms with Crippen LogP contribution in [0.3, 0.4) is 0 Å². The van der Waals surface area contributed by atoms with Crippen LogP contribution in [-0.4, -0.2) is 16.5 Å². The molecule has 0 amide bonds. The standard InChI is InChI=1S/C13H15F2N3/c14-8-6-11-12(7-9(8)15)18-13(17-11)10-4-2-1-3-5-16-10/h6-7,10,16H,1-5H2,(H,17,18). The number of H-pyrrole nitrogens is 1.